The fraction of sp³-hybridized carbons (Fsp3) is 0.318. The summed E-state index contributed by atoms with van der Waals surface area (Å²) in [6.07, 6.45) is 0.386. The molecule has 2 rings (SSSR count). The van der Waals surface area contributed by atoms with Gasteiger partial charge in [0.1, 0.15) is 6.04 Å². The van der Waals surface area contributed by atoms with Gasteiger partial charge in [0.15, 0.2) is 12.4 Å². The number of carbonyl (C=O) groups is 3. The SMILES string of the molecule is CC(C)CC(=O)Nc1ccc(C(=O)COC(=O)[C@H](C)NS(=O)(=O)c2ccc(Cl)cc2)cc1. The van der Waals surface area contributed by atoms with Crippen LogP contribution in [0.4, 0.5) is 5.69 Å². The maximum atomic E-state index is 12.3. The lowest BCUT2D eigenvalue weighted by Gasteiger charge is -2.14. The van der Waals surface area contributed by atoms with Crippen molar-refractivity contribution in [2.75, 3.05) is 11.9 Å². The Kier molecular flexibility index (Phi) is 8.94. The van der Waals surface area contributed by atoms with Gasteiger partial charge >= 0.3 is 5.97 Å². The number of nitrogens with one attached hydrogen (secondary N) is 2. The number of hydrogen-bond acceptors (Lipinski definition) is 6. The van der Waals surface area contributed by atoms with Gasteiger partial charge < -0.3 is 10.1 Å². The monoisotopic (exact) mass is 480 g/mol. The molecule has 0 aliphatic heterocycles. The molecule has 10 heteroatoms. The molecule has 0 saturated heterocycles. The van der Waals surface area contributed by atoms with Gasteiger partial charge in [0.2, 0.25) is 15.9 Å². The van der Waals surface area contributed by atoms with Crippen LogP contribution in [0.5, 0.6) is 0 Å². The van der Waals surface area contributed by atoms with E-state index < -0.39 is 34.4 Å². The van der Waals surface area contributed by atoms with Gasteiger partial charge in [-0.15, -0.1) is 0 Å². The molecule has 0 heterocycles. The predicted molar refractivity (Wildman–Crippen MR) is 121 cm³/mol. The average Bonchev–Trinajstić information content (AvgIpc) is 2.71. The van der Waals surface area contributed by atoms with Crippen LogP contribution in [-0.4, -0.2) is 38.7 Å². The smallest absolute Gasteiger partial charge is 0.324 e. The van der Waals surface area contributed by atoms with Crippen molar-refractivity contribution in [2.45, 2.75) is 38.1 Å². The summed E-state index contributed by atoms with van der Waals surface area (Å²) in [7, 11) is -3.96. The molecule has 0 spiro atoms. The number of Topliss-reactive ketones (excluding diaryl/α,β-unsaturated/α-hetero) is 1. The number of ether oxygens (including phenoxy) is 1. The minimum Gasteiger partial charge on any atom is -0.456 e. The number of anilines is 1. The van der Waals surface area contributed by atoms with Crippen LogP contribution in [0.25, 0.3) is 0 Å². The number of benzene rings is 2. The quantitative estimate of drug-likeness (QED) is 0.397. The minimum absolute atomic E-state index is 0.0572. The lowest BCUT2D eigenvalue weighted by atomic mass is 10.1. The molecule has 8 nitrogen and oxygen atoms in total. The van der Waals surface area contributed by atoms with E-state index in [4.69, 9.17) is 16.3 Å². The Morgan fingerprint density at radius 2 is 1.56 bits per heavy atom. The number of sulfonamides is 1. The van der Waals surface area contributed by atoms with Crippen LogP contribution < -0.4 is 10.0 Å². The Morgan fingerprint density at radius 3 is 2.12 bits per heavy atom. The van der Waals surface area contributed by atoms with Crippen LogP contribution in [0.3, 0.4) is 0 Å². The van der Waals surface area contributed by atoms with Crippen molar-refractivity contribution in [3.05, 3.63) is 59.1 Å². The van der Waals surface area contributed by atoms with Crippen LogP contribution in [-0.2, 0) is 24.3 Å². The lowest BCUT2D eigenvalue weighted by Crippen LogP contribution is -2.40. The first-order chi connectivity index (χ1) is 15.0. The summed E-state index contributed by atoms with van der Waals surface area (Å²) in [6, 6.07) is 10.4. The van der Waals surface area contributed by atoms with E-state index in [1.54, 1.807) is 12.1 Å². The van der Waals surface area contributed by atoms with E-state index in [0.29, 0.717) is 17.1 Å². The normalized spacial score (nSPS) is 12.3. The highest BCUT2D eigenvalue weighted by Gasteiger charge is 2.24. The van der Waals surface area contributed by atoms with Crippen LogP contribution in [0.15, 0.2) is 53.4 Å². The van der Waals surface area contributed by atoms with Gasteiger partial charge in [-0.1, -0.05) is 25.4 Å². The summed E-state index contributed by atoms with van der Waals surface area (Å²) in [5, 5.41) is 3.11. The van der Waals surface area contributed by atoms with E-state index in [0.717, 1.165) is 0 Å². The Bertz CT molecular complexity index is 1070. The number of hydrogen-bond donors (Lipinski definition) is 2. The summed E-state index contributed by atoms with van der Waals surface area (Å²) < 4.78 is 31.8. The predicted octanol–water partition coefficient (Wildman–Crippen LogP) is 3.42. The van der Waals surface area contributed by atoms with Crippen LogP contribution in [0.1, 0.15) is 37.6 Å². The van der Waals surface area contributed by atoms with E-state index in [1.807, 2.05) is 13.8 Å². The topological polar surface area (TPSA) is 119 Å². The molecule has 0 aromatic heterocycles. The molecule has 1 amide bonds. The van der Waals surface area contributed by atoms with Gasteiger partial charge in [-0.05, 0) is 61.4 Å². The van der Waals surface area contributed by atoms with Crippen molar-refractivity contribution in [1.82, 2.24) is 4.72 Å². The highest BCUT2D eigenvalue weighted by molar-refractivity contribution is 7.89. The van der Waals surface area contributed by atoms with Gasteiger partial charge in [0.25, 0.3) is 0 Å². The number of halogens is 1. The third-order valence-electron chi connectivity index (χ3n) is 4.24. The van der Waals surface area contributed by atoms with E-state index >= 15 is 0 Å². The maximum absolute atomic E-state index is 12.3. The maximum Gasteiger partial charge on any atom is 0.324 e. The van der Waals surface area contributed by atoms with Crippen molar-refractivity contribution in [3.63, 3.8) is 0 Å². The molecule has 2 aromatic rings. The lowest BCUT2D eigenvalue weighted by molar-refractivity contribution is -0.144. The van der Waals surface area contributed by atoms with Crippen molar-refractivity contribution in [1.29, 1.82) is 0 Å². The third kappa shape index (κ3) is 7.74. The average molecular weight is 481 g/mol. The summed E-state index contributed by atoms with van der Waals surface area (Å²) in [5.74, 6) is -1.26. The number of amides is 1. The summed E-state index contributed by atoms with van der Waals surface area (Å²) >= 11 is 5.75. The van der Waals surface area contributed by atoms with Gasteiger partial charge in [0.05, 0.1) is 4.90 Å². The highest BCUT2D eigenvalue weighted by atomic mass is 35.5. The molecule has 0 bridgehead atoms. The fourth-order valence-electron chi connectivity index (χ4n) is 2.63. The number of rotatable bonds is 10. The van der Waals surface area contributed by atoms with Gasteiger partial charge in [-0.3, -0.25) is 14.4 Å². The van der Waals surface area contributed by atoms with Crippen molar-refractivity contribution in [2.24, 2.45) is 5.92 Å². The van der Waals surface area contributed by atoms with E-state index in [-0.39, 0.29) is 22.3 Å². The molecule has 2 N–H and O–H groups in total. The van der Waals surface area contributed by atoms with E-state index in [9.17, 15) is 22.8 Å². The molecule has 0 fully saturated rings. The molecule has 32 heavy (non-hydrogen) atoms. The molecule has 2 aromatic carbocycles. The molecule has 0 saturated carbocycles. The van der Waals surface area contributed by atoms with Crippen LogP contribution in [0.2, 0.25) is 5.02 Å². The Hall–Kier alpha value is -2.75. The number of carbonyl (C=O) groups excluding carboxylic acids is 3. The largest absolute Gasteiger partial charge is 0.456 e. The first-order valence-corrected chi connectivity index (χ1v) is 11.7. The van der Waals surface area contributed by atoms with Gasteiger partial charge in [-0.2, -0.15) is 4.72 Å². The Morgan fingerprint density at radius 1 is 0.969 bits per heavy atom. The van der Waals surface area contributed by atoms with Gasteiger partial charge in [-0.25, -0.2) is 8.42 Å². The van der Waals surface area contributed by atoms with Crippen LogP contribution in [0, 0.1) is 5.92 Å². The first kappa shape index (κ1) is 25.5. The van der Waals surface area contributed by atoms with Crippen molar-refractivity contribution in [3.8, 4) is 0 Å². The molecule has 0 unspecified atom stereocenters. The minimum atomic E-state index is -3.96. The first-order valence-electron chi connectivity index (χ1n) is 9.85. The standard InChI is InChI=1S/C22H25ClN2O6S/c1-14(2)12-21(27)24-18-8-4-16(5-9-18)20(26)13-31-22(28)15(3)25-32(29,30)19-10-6-17(23)7-11-19/h4-11,14-15,25H,12-13H2,1-3H3,(H,24,27)/t15-/m0/s1. The second-order valence-electron chi connectivity index (χ2n) is 7.55. The molecule has 0 aliphatic carbocycles. The molecular weight excluding hydrogens is 456 g/mol. The van der Waals surface area contributed by atoms with Crippen molar-refractivity contribution < 1.29 is 27.5 Å². The molecular formula is C22H25ClN2O6S. The summed E-state index contributed by atoms with van der Waals surface area (Å²) in [5.41, 5.74) is 0.837. The molecule has 0 aliphatic rings. The highest BCUT2D eigenvalue weighted by Crippen LogP contribution is 2.15. The molecule has 0 radical (unpaired) electrons. The van der Waals surface area contributed by atoms with Crippen molar-refractivity contribution >= 4 is 45.0 Å². The van der Waals surface area contributed by atoms with E-state index in [1.165, 1.54) is 43.3 Å². The fourth-order valence-corrected chi connectivity index (χ4v) is 3.95. The second kappa shape index (κ2) is 11.2. The van der Waals surface area contributed by atoms with Gasteiger partial charge in [0, 0.05) is 22.7 Å². The second-order valence-corrected chi connectivity index (χ2v) is 9.70. The van der Waals surface area contributed by atoms with E-state index in [2.05, 4.69) is 10.0 Å². The molecule has 172 valence electrons. The molecule has 1 atom stereocenters. The number of esters is 1. The zero-order chi connectivity index (χ0) is 23.9. The third-order valence-corrected chi connectivity index (χ3v) is 6.05. The Balaban J connectivity index is 1.88. The summed E-state index contributed by atoms with van der Waals surface area (Å²) in [4.78, 5) is 36.1. The zero-order valence-electron chi connectivity index (χ0n) is 17.9. The Labute approximate surface area is 192 Å². The van der Waals surface area contributed by atoms with Crippen LogP contribution >= 0.6 is 11.6 Å². The summed E-state index contributed by atoms with van der Waals surface area (Å²) in [6.45, 7) is 4.64. The zero-order valence-corrected chi connectivity index (χ0v) is 19.5. The number of ketones is 1.